The zero-order valence-electron chi connectivity index (χ0n) is 15.6. The first-order valence-electron chi connectivity index (χ1n) is 9.33. The highest BCUT2D eigenvalue weighted by Gasteiger charge is 2.32. The predicted molar refractivity (Wildman–Crippen MR) is 106 cm³/mol. The molecule has 0 unspecified atom stereocenters. The number of imide groups is 1. The van der Waals surface area contributed by atoms with Crippen molar-refractivity contribution in [1.82, 2.24) is 4.31 Å². The molecule has 2 aromatic carbocycles. The van der Waals surface area contributed by atoms with Crippen molar-refractivity contribution in [3.8, 4) is 0 Å². The van der Waals surface area contributed by atoms with E-state index in [9.17, 15) is 22.4 Å². The molecule has 0 aromatic heterocycles. The third kappa shape index (κ3) is 3.63. The van der Waals surface area contributed by atoms with Crippen LogP contribution in [0.1, 0.15) is 12.8 Å². The van der Waals surface area contributed by atoms with Crippen LogP contribution in [-0.4, -0.2) is 50.7 Å². The van der Waals surface area contributed by atoms with Crippen LogP contribution >= 0.6 is 0 Å². The Balaban J connectivity index is 1.47. The van der Waals surface area contributed by atoms with Gasteiger partial charge in [-0.05, 0) is 36.4 Å². The van der Waals surface area contributed by atoms with Gasteiger partial charge in [0.05, 0.1) is 16.3 Å². The number of nitrogens with zero attached hydrogens (tertiary/aromatic N) is 3. The summed E-state index contributed by atoms with van der Waals surface area (Å²) >= 11 is 0. The lowest BCUT2D eigenvalue weighted by atomic mass is 10.2. The molecule has 7 nitrogen and oxygen atoms in total. The van der Waals surface area contributed by atoms with Crippen molar-refractivity contribution in [2.45, 2.75) is 17.7 Å². The van der Waals surface area contributed by atoms with E-state index in [-0.39, 0.29) is 48.5 Å². The molecule has 9 heteroatoms. The van der Waals surface area contributed by atoms with Crippen LogP contribution in [0.4, 0.5) is 15.8 Å². The second-order valence-corrected chi connectivity index (χ2v) is 8.90. The Bertz CT molecular complexity index is 1030. The largest absolute Gasteiger partial charge is 0.367 e. The monoisotopic (exact) mass is 417 g/mol. The van der Waals surface area contributed by atoms with Crippen LogP contribution < -0.4 is 9.80 Å². The number of carbonyl (C=O) groups is 2. The molecule has 2 heterocycles. The molecule has 0 bridgehead atoms. The summed E-state index contributed by atoms with van der Waals surface area (Å²) in [7, 11) is -3.72. The van der Waals surface area contributed by atoms with E-state index in [2.05, 4.69) is 0 Å². The minimum absolute atomic E-state index is 0.0969. The van der Waals surface area contributed by atoms with Crippen molar-refractivity contribution in [2.24, 2.45) is 0 Å². The highest BCUT2D eigenvalue weighted by atomic mass is 32.2. The molecule has 0 aliphatic carbocycles. The highest BCUT2D eigenvalue weighted by Crippen LogP contribution is 2.26. The zero-order valence-corrected chi connectivity index (χ0v) is 16.4. The van der Waals surface area contributed by atoms with Gasteiger partial charge in [0, 0.05) is 39.0 Å². The quantitative estimate of drug-likeness (QED) is 0.711. The van der Waals surface area contributed by atoms with Gasteiger partial charge in [0.15, 0.2) is 0 Å². The van der Waals surface area contributed by atoms with Gasteiger partial charge >= 0.3 is 0 Å². The van der Waals surface area contributed by atoms with Gasteiger partial charge in [0.2, 0.25) is 21.8 Å². The second-order valence-electron chi connectivity index (χ2n) is 6.96. The van der Waals surface area contributed by atoms with Crippen LogP contribution in [-0.2, 0) is 19.6 Å². The number of anilines is 2. The molecule has 0 spiro atoms. The maximum absolute atomic E-state index is 14.0. The van der Waals surface area contributed by atoms with E-state index in [4.69, 9.17) is 0 Å². The topological polar surface area (TPSA) is 78.0 Å². The fourth-order valence-electron chi connectivity index (χ4n) is 3.66. The molecule has 2 aliphatic rings. The number of halogens is 1. The van der Waals surface area contributed by atoms with Crippen LogP contribution in [0.2, 0.25) is 0 Å². The Morgan fingerprint density at radius 1 is 0.793 bits per heavy atom. The maximum atomic E-state index is 14.0. The standard InChI is InChI=1S/C20H20FN3O4S/c21-17-3-1-2-4-18(17)22-11-13-23(14-12-22)29(27,28)16-7-5-15(6-8-16)24-19(25)9-10-20(24)26/h1-8H,9-14H2. The molecule has 2 aromatic rings. The summed E-state index contributed by atoms with van der Waals surface area (Å²) in [4.78, 5) is 26.7. The molecule has 2 saturated heterocycles. The number of benzene rings is 2. The van der Waals surface area contributed by atoms with Crippen LogP contribution in [0.5, 0.6) is 0 Å². The van der Waals surface area contributed by atoms with E-state index in [1.165, 1.54) is 34.6 Å². The molecular weight excluding hydrogens is 397 g/mol. The van der Waals surface area contributed by atoms with Crippen LogP contribution in [0.3, 0.4) is 0 Å². The van der Waals surface area contributed by atoms with E-state index < -0.39 is 10.0 Å². The van der Waals surface area contributed by atoms with Crippen LogP contribution in [0.25, 0.3) is 0 Å². The average molecular weight is 417 g/mol. The number of sulfonamides is 1. The molecule has 29 heavy (non-hydrogen) atoms. The molecule has 2 fully saturated rings. The summed E-state index contributed by atoms with van der Waals surface area (Å²) in [5.41, 5.74) is 0.842. The lowest BCUT2D eigenvalue weighted by Crippen LogP contribution is -2.48. The number of carbonyl (C=O) groups excluding carboxylic acids is 2. The van der Waals surface area contributed by atoms with Crippen LogP contribution in [0.15, 0.2) is 53.4 Å². The summed E-state index contributed by atoms with van der Waals surface area (Å²) in [5.74, 6) is -0.893. The van der Waals surface area contributed by atoms with Crippen molar-refractivity contribution in [2.75, 3.05) is 36.0 Å². The van der Waals surface area contributed by atoms with Crippen molar-refractivity contribution < 1.29 is 22.4 Å². The van der Waals surface area contributed by atoms with Gasteiger partial charge in [-0.25, -0.2) is 12.8 Å². The number of hydrogen-bond donors (Lipinski definition) is 0. The molecule has 0 saturated carbocycles. The zero-order chi connectivity index (χ0) is 20.6. The van der Waals surface area contributed by atoms with Crippen molar-refractivity contribution in [1.29, 1.82) is 0 Å². The summed E-state index contributed by atoms with van der Waals surface area (Å²) in [6.07, 6.45) is 0.344. The number of amides is 2. The van der Waals surface area contributed by atoms with Crippen molar-refractivity contribution in [3.63, 3.8) is 0 Å². The highest BCUT2D eigenvalue weighted by molar-refractivity contribution is 7.89. The number of hydrogen-bond acceptors (Lipinski definition) is 5. The maximum Gasteiger partial charge on any atom is 0.243 e. The molecule has 0 N–H and O–H groups in total. The molecule has 152 valence electrons. The number of para-hydroxylation sites is 1. The molecule has 4 rings (SSSR count). The van der Waals surface area contributed by atoms with Crippen molar-refractivity contribution in [3.05, 3.63) is 54.3 Å². The predicted octanol–water partition coefficient (Wildman–Crippen LogP) is 1.99. The summed E-state index contributed by atoms with van der Waals surface area (Å²) in [6, 6.07) is 12.2. The van der Waals surface area contributed by atoms with E-state index in [0.717, 1.165) is 4.90 Å². The van der Waals surface area contributed by atoms with Gasteiger partial charge in [-0.2, -0.15) is 4.31 Å². The van der Waals surface area contributed by atoms with E-state index in [1.807, 2.05) is 4.90 Å². The Labute approximate surface area is 168 Å². The molecule has 2 aliphatic heterocycles. The number of piperazine rings is 1. The minimum atomic E-state index is -3.72. The van der Waals surface area contributed by atoms with Crippen LogP contribution in [0, 0.1) is 5.82 Å². The fourth-order valence-corrected chi connectivity index (χ4v) is 5.08. The van der Waals surface area contributed by atoms with E-state index in [0.29, 0.717) is 24.5 Å². The Morgan fingerprint density at radius 2 is 1.38 bits per heavy atom. The minimum Gasteiger partial charge on any atom is -0.367 e. The fraction of sp³-hybridized carbons (Fsp3) is 0.300. The first-order valence-corrected chi connectivity index (χ1v) is 10.8. The second kappa shape index (κ2) is 7.57. The van der Waals surface area contributed by atoms with Gasteiger partial charge in [-0.3, -0.25) is 14.5 Å². The first kappa shape index (κ1) is 19.5. The summed E-state index contributed by atoms with van der Waals surface area (Å²) in [6.45, 7) is 1.24. The summed E-state index contributed by atoms with van der Waals surface area (Å²) in [5, 5.41) is 0. The molecule has 2 amide bonds. The SMILES string of the molecule is O=C1CCC(=O)N1c1ccc(S(=O)(=O)N2CCN(c3ccccc3F)CC2)cc1. The Morgan fingerprint density at radius 3 is 1.97 bits per heavy atom. The van der Waals surface area contributed by atoms with E-state index in [1.54, 1.807) is 18.2 Å². The lowest BCUT2D eigenvalue weighted by Gasteiger charge is -2.35. The Hall–Kier alpha value is -2.78. The Kier molecular flexibility index (Phi) is 5.10. The lowest BCUT2D eigenvalue weighted by molar-refractivity contribution is -0.121. The third-order valence-corrected chi connectivity index (χ3v) is 7.13. The summed E-state index contributed by atoms with van der Waals surface area (Å²) < 4.78 is 41.2. The first-order chi connectivity index (χ1) is 13.9. The van der Waals surface area contributed by atoms with Crippen molar-refractivity contribution >= 4 is 33.2 Å². The number of rotatable bonds is 4. The van der Waals surface area contributed by atoms with Gasteiger partial charge in [-0.15, -0.1) is 0 Å². The van der Waals surface area contributed by atoms with Gasteiger partial charge < -0.3 is 4.90 Å². The third-order valence-electron chi connectivity index (χ3n) is 5.22. The van der Waals surface area contributed by atoms with Gasteiger partial charge in [0.1, 0.15) is 5.82 Å². The normalized spacial score (nSPS) is 18.5. The van der Waals surface area contributed by atoms with Gasteiger partial charge in [-0.1, -0.05) is 12.1 Å². The average Bonchev–Trinajstić information content (AvgIpc) is 3.07. The van der Waals surface area contributed by atoms with Gasteiger partial charge in [0.25, 0.3) is 0 Å². The molecular formula is C20H20FN3O4S. The van der Waals surface area contributed by atoms with E-state index >= 15 is 0 Å². The molecule has 0 radical (unpaired) electrons. The molecule has 0 atom stereocenters. The smallest absolute Gasteiger partial charge is 0.243 e.